The van der Waals surface area contributed by atoms with Crippen LogP contribution in [0, 0.1) is 0 Å². The van der Waals surface area contributed by atoms with Crippen molar-refractivity contribution in [2.45, 2.75) is 13.0 Å². The van der Waals surface area contributed by atoms with E-state index in [4.69, 9.17) is 0 Å². The number of imidazole rings is 1. The second-order valence-corrected chi connectivity index (χ2v) is 6.84. The monoisotopic (exact) mass is 367 g/mol. The predicted octanol–water partition coefficient (Wildman–Crippen LogP) is 4.08. The van der Waals surface area contributed by atoms with Crippen molar-refractivity contribution in [3.8, 4) is 0 Å². The quantitative estimate of drug-likeness (QED) is 0.511. The highest BCUT2D eigenvalue weighted by molar-refractivity contribution is 6.34. The molecule has 0 saturated carbocycles. The summed E-state index contributed by atoms with van der Waals surface area (Å²) in [6.45, 7) is 0.812. The summed E-state index contributed by atoms with van der Waals surface area (Å²) in [5, 5.41) is 0. The molecule has 2 amide bonds. The Kier molecular flexibility index (Phi) is 3.79. The summed E-state index contributed by atoms with van der Waals surface area (Å²) < 4.78 is 2.09. The van der Waals surface area contributed by atoms with E-state index in [0.29, 0.717) is 16.8 Å². The number of fused-ring (bicyclic) bond motifs is 2. The Balaban J connectivity index is 1.44. The van der Waals surface area contributed by atoms with E-state index in [1.165, 1.54) is 10.5 Å². The number of benzene rings is 3. The van der Waals surface area contributed by atoms with Gasteiger partial charge in [-0.3, -0.25) is 9.59 Å². The minimum Gasteiger partial charge on any atom is -0.330 e. The van der Waals surface area contributed by atoms with Gasteiger partial charge >= 0.3 is 0 Å². The van der Waals surface area contributed by atoms with Crippen molar-refractivity contribution in [2.75, 3.05) is 4.90 Å². The summed E-state index contributed by atoms with van der Waals surface area (Å²) in [5.41, 5.74) is 4.46. The van der Waals surface area contributed by atoms with Crippen LogP contribution in [-0.4, -0.2) is 21.4 Å². The van der Waals surface area contributed by atoms with E-state index in [1.807, 2.05) is 30.3 Å². The number of rotatable bonds is 4. The van der Waals surface area contributed by atoms with Crippen molar-refractivity contribution in [2.24, 2.45) is 0 Å². The summed E-state index contributed by atoms with van der Waals surface area (Å²) in [6, 6.07) is 22.8. The summed E-state index contributed by atoms with van der Waals surface area (Å²) in [6.07, 6.45) is 2.71. The minimum atomic E-state index is -0.288. The smallest absolute Gasteiger partial charge is 0.266 e. The van der Waals surface area contributed by atoms with Crippen molar-refractivity contribution in [1.29, 1.82) is 0 Å². The molecule has 0 saturated heterocycles. The van der Waals surface area contributed by atoms with E-state index in [9.17, 15) is 9.59 Å². The first kappa shape index (κ1) is 16.4. The number of hydrogen-bond donors (Lipinski definition) is 0. The highest BCUT2D eigenvalue weighted by Gasteiger charge is 2.36. The van der Waals surface area contributed by atoms with Crippen molar-refractivity contribution < 1.29 is 9.59 Å². The van der Waals surface area contributed by atoms with E-state index < -0.39 is 0 Å². The van der Waals surface area contributed by atoms with E-state index in [1.54, 1.807) is 36.7 Å². The molecule has 2 heterocycles. The van der Waals surface area contributed by atoms with Crippen LogP contribution < -0.4 is 4.90 Å². The molecule has 136 valence electrons. The molecule has 0 atom stereocenters. The topological polar surface area (TPSA) is 55.2 Å². The van der Waals surface area contributed by atoms with Crippen LogP contribution in [0.15, 0.2) is 79.1 Å². The molecule has 0 bridgehead atoms. The third kappa shape index (κ3) is 2.60. The molecule has 0 aliphatic carbocycles. The van der Waals surface area contributed by atoms with Crippen LogP contribution in [0.25, 0.3) is 11.0 Å². The zero-order chi connectivity index (χ0) is 19.1. The van der Waals surface area contributed by atoms with Crippen LogP contribution in [0.3, 0.4) is 0 Å². The van der Waals surface area contributed by atoms with Crippen LogP contribution in [0.2, 0.25) is 0 Å². The van der Waals surface area contributed by atoms with E-state index in [2.05, 4.69) is 21.7 Å². The molecule has 3 aromatic carbocycles. The molecular formula is C23H17N3O2. The van der Waals surface area contributed by atoms with Crippen molar-refractivity contribution in [3.05, 3.63) is 95.8 Å². The van der Waals surface area contributed by atoms with Crippen LogP contribution >= 0.6 is 0 Å². The predicted molar refractivity (Wildman–Crippen MR) is 107 cm³/mol. The fourth-order valence-electron chi connectivity index (χ4n) is 3.69. The Bertz CT molecular complexity index is 1180. The van der Waals surface area contributed by atoms with Crippen LogP contribution in [0.5, 0.6) is 0 Å². The van der Waals surface area contributed by atoms with E-state index in [0.717, 1.165) is 24.0 Å². The lowest BCUT2D eigenvalue weighted by atomic mass is 10.1. The average molecular weight is 367 g/mol. The maximum absolute atomic E-state index is 12.7. The number of hydrogen-bond acceptors (Lipinski definition) is 3. The van der Waals surface area contributed by atoms with E-state index >= 15 is 0 Å². The molecule has 5 heteroatoms. The molecule has 1 aliphatic heterocycles. The normalized spacial score (nSPS) is 13.4. The van der Waals surface area contributed by atoms with Gasteiger partial charge in [0.1, 0.15) is 0 Å². The van der Waals surface area contributed by atoms with E-state index in [-0.39, 0.29) is 11.8 Å². The van der Waals surface area contributed by atoms with Gasteiger partial charge in [0.25, 0.3) is 11.8 Å². The number of carbonyl (C=O) groups excluding carboxylic acids is 2. The summed E-state index contributed by atoms with van der Waals surface area (Å²) in [4.78, 5) is 31.1. The molecule has 4 aromatic rings. The number of aryl methyl sites for hydroxylation is 2. The molecule has 28 heavy (non-hydrogen) atoms. The number of aromatic nitrogens is 2. The zero-order valence-electron chi connectivity index (χ0n) is 15.1. The summed E-state index contributed by atoms with van der Waals surface area (Å²) in [7, 11) is 0. The number of imide groups is 1. The maximum Gasteiger partial charge on any atom is 0.266 e. The van der Waals surface area contributed by atoms with Gasteiger partial charge in [-0.2, -0.15) is 0 Å². The third-order valence-corrected chi connectivity index (χ3v) is 5.14. The van der Waals surface area contributed by atoms with Gasteiger partial charge in [0.2, 0.25) is 0 Å². The van der Waals surface area contributed by atoms with Gasteiger partial charge in [0, 0.05) is 6.54 Å². The highest BCUT2D eigenvalue weighted by Crippen LogP contribution is 2.30. The Morgan fingerprint density at radius 3 is 2.18 bits per heavy atom. The molecule has 0 radical (unpaired) electrons. The molecule has 0 unspecified atom stereocenters. The van der Waals surface area contributed by atoms with Crippen molar-refractivity contribution >= 4 is 28.5 Å². The second kappa shape index (κ2) is 6.46. The van der Waals surface area contributed by atoms with Gasteiger partial charge < -0.3 is 4.57 Å². The van der Waals surface area contributed by atoms with Crippen molar-refractivity contribution in [1.82, 2.24) is 9.55 Å². The van der Waals surface area contributed by atoms with Gasteiger partial charge in [-0.05, 0) is 42.3 Å². The van der Waals surface area contributed by atoms with Crippen LogP contribution in [-0.2, 0) is 13.0 Å². The SMILES string of the molecule is O=C1c2ccccc2C(=O)N1c1ccc2c(c1)ncn2CCc1ccccc1. The number of nitrogens with zero attached hydrogens (tertiary/aromatic N) is 3. The number of amides is 2. The zero-order valence-corrected chi connectivity index (χ0v) is 15.1. The van der Waals surface area contributed by atoms with Crippen LogP contribution in [0.4, 0.5) is 5.69 Å². The second-order valence-electron chi connectivity index (χ2n) is 6.84. The Morgan fingerprint density at radius 1 is 0.786 bits per heavy atom. The lowest BCUT2D eigenvalue weighted by Crippen LogP contribution is -2.29. The van der Waals surface area contributed by atoms with Gasteiger partial charge in [-0.25, -0.2) is 9.88 Å². The molecule has 1 aromatic heterocycles. The summed E-state index contributed by atoms with van der Waals surface area (Å²) in [5.74, 6) is -0.577. The Hall–Kier alpha value is -3.73. The summed E-state index contributed by atoms with van der Waals surface area (Å²) >= 11 is 0. The Labute approximate surface area is 161 Å². The molecule has 5 rings (SSSR count). The molecule has 5 nitrogen and oxygen atoms in total. The molecule has 0 spiro atoms. The molecule has 0 fully saturated rings. The largest absolute Gasteiger partial charge is 0.330 e. The standard InChI is InChI=1S/C23H17N3O2/c27-22-18-8-4-5-9-19(18)23(28)26(22)17-10-11-21-20(14-17)24-15-25(21)13-12-16-6-2-1-3-7-16/h1-11,14-15H,12-13H2. The van der Waals surface area contributed by atoms with Crippen molar-refractivity contribution in [3.63, 3.8) is 0 Å². The lowest BCUT2D eigenvalue weighted by Gasteiger charge is -2.14. The molecule has 0 N–H and O–H groups in total. The fraction of sp³-hybridized carbons (Fsp3) is 0.0870. The Morgan fingerprint density at radius 2 is 1.46 bits per heavy atom. The van der Waals surface area contributed by atoms with Crippen LogP contribution in [0.1, 0.15) is 26.3 Å². The molecular weight excluding hydrogens is 350 g/mol. The maximum atomic E-state index is 12.7. The third-order valence-electron chi connectivity index (χ3n) is 5.14. The van der Waals surface area contributed by atoms with Gasteiger partial charge in [0.05, 0.1) is 34.2 Å². The number of carbonyl (C=O) groups is 2. The molecule has 1 aliphatic rings. The fourth-order valence-corrected chi connectivity index (χ4v) is 3.69. The van der Waals surface area contributed by atoms with Gasteiger partial charge in [-0.1, -0.05) is 42.5 Å². The van der Waals surface area contributed by atoms with Gasteiger partial charge in [0.15, 0.2) is 0 Å². The first-order valence-electron chi connectivity index (χ1n) is 9.19. The highest BCUT2D eigenvalue weighted by atomic mass is 16.2. The van der Waals surface area contributed by atoms with Gasteiger partial charge in [-0.15, -0.1) is 0 Å². The average Bonchev–Trinajstić information content (AvgIpc) is 3.26. The minimum absolute atomic E-state index is 0.288. The first-order valence-corrected chi connectivity index (χ1v) is 9.19. The first-order chi connectivity index (χ1) is 13.7. The lowest BCUT2D eigenvalue weighted by molar-refractivity contribution is 0.0926. The number of anilines is 1.